The Kier molecular flexibility index (Phi) is 6.06. The van der Waals surface area contributed by atoms with Gasteiger partial charge in [-0.3, -0.25) is 4.90 Å². The van der Waals surface area contributed by atoms with Crippen LogP contribution in [0.4, 0.5) is 0 Å². The van der Waals surface area contributed by atoms with Crippen LogP contribution in [0, 0.1) is 12.8 Å². The summed E-state index contributed by atoms with van der Waals surface area (Å²) >= 11 is 1.92. The highest BCUT2D eigenvalue weighted by Crippen LogP contribution is 2.33. The summed E-state index contributed by atoms with van der Waals surface area (Å²) in [6, 6.07) is 5.21. The summed E-state index contributed by atoms with van der Waals surface area (Å²) in [6.45, 7) is 9.17. The molecule has 0 saturated carbocycles. The van der Waals surface area contributed by atoms with Crippen molar-refractivity contribution in [3.63, 3.8) is 0 Å². The molecular formula is C17H30N2S. The molecule has 0 bridgehead atoms. The molecular weight excluding hydrogens is 264 g/mol. The quantitative estimate of drug-likeness (QED) is 0.875. The van der Waals surface area contributed by atoms with Crippen LogP contribution in [0.25, 0.3) is 0 Å². The normalized spacial score (nSPS) is 24.3. The molecule has 1 aliphatic heterocycles. The zero-order valence-corrected chi connectivity index (χ0v) is 14.1. The van der Waals surface area contributed by atoms with E-state index in [0.717, 1.165) is 12.3 Å². The van der Waals surface area contributed by atoms with E-state index in [0.29, 0.717) is 6.04 Å². The molecule has 20 heavy (non-hydrogen) atoms. The van der Waals surface area contributed by atoms with Crippen LogP contribution in [0.3, 0.4) is 0 Å². The molecule has 2 N–H and O–H groups in total. The Morgan fingerprint density at radius 3 is 2.70 bits per heavy atom. The van der Waals surface area contributed by atoms with Crippen molar-refractivity contribution < 1.29 is 0 Å². The van der Waals surface area contributed by atoms with Crippen LogP contribution in [0.15, 0.2) is 12.1 Å². The number of nitrogens with zero attached hydrogens (tertiary/aromatic N) is 1. The zero-order valence-electron chi connectivity index (χ0n) is 13.3. The lowest BCUT2D eigenvalue weighted by atomic mass is 9.98. The first-order valence-electron chi connectivity index (χ1n) is 8.21. The van der Waals surface area contributed by atoms with Gasteiger partial charge in [0, 0.05) is 15.8 Å². The van der Waals surface area contributed by atoms with Gasteiger partial charge in [0.1, 0.15) is 0 Å². The molecule has 3 atom stereocenters. The van der Waals surface area contributed by atoms with E-state index in [9.17, 15) is 0 Å². The van der Waals surface area contributed by atoms with Gasteiger partial charge in [0.2, 0.25) is 0 Å². The fourth-order valence-electron chi connectivity index (χ4n) is 3.37. The van der Waals surface area contributed by atoms with Crippen LogP contribution in [0.5, 0.6) is 0 Å². The van der Waals surface area contributed by atoms with Crippen LogP contribution in [-0.2, 0) is 0 Å². The number of hydrogen-bond acceptors (Lipinski definition) is 3. The average molecular weight is 295 g/mol. The predicted octanol–water partition coefficient (Wildman–Crippen LogP) is 4.35. The van der Waals surface area contributed by atoms with Crippen molar-refractivity contribution in [1.29, 1.82) is 0 Å². The van der Waals surface area contributed by atoms with Gasteiger partial charge >= 0.3 is 0 Å². The van der Waals surface area contributed by atoms with Crippen molar-refractivity contribution in [2.24, 2.45) is 11.7 Å². The maximum Gasteiger partial charge on any atom is 0.0593 e. The molecule has 1 aromatic rings. The number of hydrogen-bond donors (Lipinski definition) is 1. The monoisotopic (exact) mass is 294 g/mol. The highest BCUT2D eigenvalue weighted by molar-refractivity contribution is 7.12. The Hall–Kier alpha value is -0.380. The minimum Gasteiger partial charge on any atom is -0.326 e. The minimum absolute atomic E-state index is 0.256. The van der Waals surface area contributed by atoms with E-state index in [4.69, 9.17) is 5.73 Å². The zero-order chi connectivity index (χ0) is 14.5. The Morgan fingerprint density at radius 1 is 1.30 bits per heavy atom. The fraction of sp³-hybridized carbons (Fsp3) is 0.765. The Balaban J connectivity index is 2.14. The summed E-state index contributed by atoms with van der Waals surface area (Å²) in [7, 11) is 0. The van der Waals surface area contributed by atoms with Crippen LogP contribution in [0.2, 0.25) is 0 Å². The molecule has 2 nitrogen and oxygen atoms in total. The van der Waals surface area contributed by atoms with Crippen molar-refractivity contribution in [1.82, 2.24) is 4.90 Å². The van der Waals surface area contributed by atoms with Crippen LogP contribution in [-0.4, -0.2) is 24.0 Å². The maximum absolute atomic E-state index is 6.47. The van der Waals surface area contributed by atoms with Gasteiger partial charge in [-0.05, 0) is 63.7 Å². The van der Waals surface area contributed by atoms with E-state index in [2.05, 4.69) is 37.8 Å². The van der Waals surface area contributed by atoms with E-state index in [-0.39, 0.29) is 6.04 Å². The number of nitrogens with two attached hydrogens (primary N) is 1. The first-order chi connectivity index (χ1) is 9.65. The molecule has 1 aromatic heterocycles. The number of aryl methyl sites for hydroxylation is 1. The minimum atomic E-state index is 0.256. The van der Waals surface area contributed by atoms with E-state index in [1.165, 1.54) is 48.5 Å². The largest absolute Gasteiger partial charge is 0.326 e. The summed E-state index contributed by atoms with van der Waals surface area (Å²) in [5, 5.41) is 0. The molecule has 3 unspecified atom stereocenters. The van der Waals surface area contributed by atoms with Crippen LogP contribution >= 0.6 is 11.3 Å². The van der Waals surface area contributed by atoms with Gasteiger partial charge in [0.15, 0.2) is 0 Å². The second-order valence-corrected chi connectivity index (χ2v) is 7.53. The summed E-state index contributed by atoms with van der Waals surface area (Å²) in [4.78, 5) is 5.52. The smallest absolute Gasteiger partial charge is 0.0593 e. The van der Waals surface area contributed by atoms with Gasteiger partial charge < -0.3 is 5.73 Å². The number of rotatable bonds is 5. The van der Waals surface area contributed by atoms with Gasteiger partial charge in [-0.25, -0.2) is 0 Å². The molecule has 1 fully saturated rings. The predicted molar refractivity (Wildman–Crippen MR) is 89.3 cm³/mol. The van der Waals surface area contributed by atoms with Gasteiger partial charge in [0.25, 0.3) is 0 Å². The Morgan fingerprint density at radius 2 is 2.10 bits per heavy atom. The second kappa shape index (κ2) is 7.58. The molecule has 114 valence electrons. The van der Waals surface area contributed by atoms with Gasteiger partial charge in [-0.15, -0.1) is 11.3 Å². The highest BCUT2D eigenvalue weighted by atomic mass is 32.1. The lowest BCUT2D eigenvalue weighted by molar-refractivity contribution is 0.176. The standard InChI is InChI=1S/C17H30N2S/c1-4-14-7-6-11-19(12-10-14)17(15(18)5-2)16-9-8-13(3)20-16/h8-9,14-15,17H,4-7,10-12,18H2,1-3H3. The van der Waals surface area contributed by atoms with Gasteiger partial charge in [-0.2, -0.15) is 0 Å². The number of thiophene rings is 1. The van der Waals surface area contributed by atoms with Crippen LogP contribution < -0.4 is 5.73 Å². The third kappa shape index (κ3) is 3.84. The summed E-state index contributed by atoms with van der Waals surface area (Å²) in [5.41, 5.74) is 6.47. The molecule has 0 radical (unpaired) electrons. The van der Waals surface area contributed by atoms with E-state index in [1.807, 2.05) is 11.3 Å². The molecule has 0 spiro atoms. The highest BCUT2D eigenvalue weighted by Gasteiger charge is 2.28. The van der Waals surface area contributed by atoms with Crippen molar-refractivity contribution in [2.45, 2.75) is 65.0 Å². The maximum atomic E-state index is 6.47. The molecule has 1 aliphatic rings. The van der Waals surface area contributed by atoms with Gasteiger partial charge in [-0.1, -0.05) is 20.3 Å². The lowest BCUT2D eigenvalue weighted by Gasteiger charge is -2.34. The van der Waals surface area contributed by atoms with Crippen molar-refractivity contribution in [3.05, 3.63) is 21.9 Å². The molecule has 0 aliphatic carbocycles. The average Bonchev–Trinajstić information content (AvgIpc) is 2.74. The topological polar surface area (TPSA) is 29.3 Å². The van der Waals surface area contributed by atoms with Gasteiger partial charge in [0.05, 0.1) is 6.04 Å². The molecule has 2 heterocycles. The first kappa shape index (κ1) is 16.0. The van der Waals surface area contributed by atoms with Crippen LogP contribution in [0.1, 0.15) is 61.7 Å². The molecule has 3 heteroatoms. The second-order valence-electron chi connectivity index (χ2n) is 6.21. The Bertz CT molecular complexity index is 401. The van der Waals surface area contributed by atoms with E-state index < -0.39 is 0 Å². The lowest BCUT2D eigenvalue weighted by Crippen LogP contribution is -2.41. The van der Waals surface area contributed by atoms with Crippen molar-refractivity contribution in [3.8, 4) is 0 Å². The molecule has 1 saturated heterocycles. The molecule has 2 rings (SSSR count). The van der Waals surface area contributed by atoms with E-state index >= 15 is 0 Å². The molecule has 0 aromatic carbocycles. The number of likely N-dealkylation sites (tertiary alicyclic amines) is 1. The fourth-order valence-corrected chi connectivity index (χ4v) is 4.46. The first-order valence-corrected chi connectivity index (χ1v) is 9.03. The Labute approximate surface area is 128 Å². The summed E-state index contributed by atoms with van der Waals surface area (Å²) in [6.07, 6.45) is 6.44. The molecule has 0 amide bonds. The third-order valence-corrected chi connectivity index (χ3v) is 5.85. The van der Waals surface area contributed by atoms with E-state index in [1.54, 1.807) is 0 Å². The summed E-state index contributed by atoms with van der Waals surface area (Å²) in [5.74, 6) is 0.920. The van der Waals surface area contributed by atoms with Crippen molar-refractivity contribution >= 4 is 11.3 Å². The van der Waals surface area contributed by atoms with Crippen molar-refractivity contribution in [2.75, 3.05) is 13.1 Å². The third-order valence-electron chi connectivity index (χ3n) is 4.78. The SMILES string of the molecule is CCC1CCCN(C(c2ccc(C)s2)C(N)CC)CC1. The summed E-state index contributed by atoms with van der Waals surface area (Å²) < 4.78 is 0.